The van der Waals surface area contributed by atoms with E-state index in [4.69, 9.17) is 4.74 Å². The Morgan fingerprint density at radius 1 is 1.23 bits per heavy atom. The van der Waals surface area contributed by atoms with E-state index in [0.29, 0.717) is 23.6 Å². The Morgan fingerprint density at radius 2 is 1.91 bits per heavy atom. The highest BCUT2D eigenvalue weighted by molar-refractivity contribution is 6.00. The molecule has 1 atom stereocenters. The molecule has 120 valence electrons. The first-order valence-corrected chi connectivity index (χ1v) is 7.65. The van der Waals surface area contributed by atoms with E-state index in [9.17, 15) is 9.59 Å². The van der Waals surface area contributed by atoms with Crippen LogP contribution in [0.1, 0.15) is 46.7 Å². The minimum Gasteiger partial charge on any atom is -0.460 e. The van der Waals surface area contributed by atoms with E-state index in [1.165, 1.54) is 6.92 Å². The summed E-state index contributed by atoms with van der Waals surface area (Å²) in [6.07, 6.45) is 3.70. The van der Waals surface area contributed by atoms with E-state index in [1.807, 2.05) is 19.9 Å². The topological polar surface area (TPSA) is 56.3 Å². The van der Waals surface area contributed by atoms with E-state index in [2.05, 4.69) is 4.98 Å². The molecule has 0 aliphatic heterocycles. The van der Waals surface area contributed by atoms with Gasteiger partial charge in [0.1, 0.15) is 5.78 Å². The summed E-state index contributed by atoms with van der Waals surface area (Å²) >= 11 is 0. The van der Waals surface area contributed by atoms with Crippen molar-refractivity contribution in [3.05, 3.63) is 35.7 Å². The number of ketones is 1. The van der Waals surface area contributed by atoms with Gasteiger partial charge in [0.05, 0.1) is 11.8 Å². The van der Waals surface area contributed by atoms with Crippen molar-refractivity contribution in [2.75, 3.05) is 0 Å². The fourth-order valence-corrected chi connectivity index (χ4v) is 2.19. The van der Waals surface area contributed by atoms with Gasteiger partial charge in [-0.3, -0.25) is 9.78 Å². The molecular weight excluding hydrogens is 278 g/mol. The molecule has 0 radical (unpaired) electrons. The summed E-state index contributed by atoms with van der Waals surface area (Å²) in [6.45, 7) is 9.16. The number of rotatable bonds is 7. The number of aromatic nitrogens is 1. The van der Waals surface area contributed by atoms with Gasteiger partial charge in [-0.05, 0) is 51.3 Å². The average Bonchev–Trinajstić information content (AvgIpc) is 2.42. The maximum absolute atomic E-state index is 12.4. The van der Waals surface area contributed by atoms with Gasteiger partial charge in [0.25, 0.3) is 0 Å². The molecule has 4 heteroatoms. The third-order valence-electron chi connectivity index (χ3n) is 3.14. The van der Waals surface area contributed by atoms with Crippen LogP contribution in [0.2, 0.25) is 0 Å². The van der Waals surface area contributed by atoms with Crippen molar-refractivity contribution in [3.63, 3.8) is 0 Å². The maximum atomic E-state index is 12.4. The van der Waals surface area contributed by atoms with E-state index >= 15 is 0 Å². The predicted octanol–water partition coefficient (Wildman–Crippen LogP) is 3.67. The molecule has 0 aliphatic rings. The van der Waals surface area contributed by atoms with Gasteiger partial charge in [-0.15, -0.1) is 0 Å². The summed E-state index contributed by atoms with van der Waals surface area (Å²) in [5.41, 5.74) is 1.03. The van der Waals surface area contributed by atoms with Crippen molar-refractivity contribution in [1.29, 1.82) is 0 Å². The minimum atomic E-state index is -0.465. The average molecular weight is 303 g/mol. The largest absolute Gasteiger partial charge is 0.460 e. The maximum Gasteiger partial charge on any atom is 0.335 e. The van der Waals surface area contributed by atoms with Crippen LogP contribution in [-0.2, 0) is 14.3 Å². The summed E-state index contributed by atoms with van der Waals surface area (Å²) < 4.78 is 5.31. The lowest BCUT2D eigenvalue weighted by Crippen LogP contribution is -2.25. The number of pyridine rings is 1. The lowest BCUT2D eigenvalue weighted by molar-refractivity contribution is -0.144. The summed E-state index contributed by atoms with van der Waals surface area (Å²) in [7, 11) is 0. The quantitative estimate of drug-likeness (QED) is 0.569. The van der Waals surface area contributed by atoms with Crippen molar-refractivity contribution >= 4 is 17.8 Å². The van der Waals surface area contributed by atoms with E-state index in [0.717, 1.165) is 0 Å². The van der Waals surface area contributed by atoms with Crippen LogP contribution in [0.25, 0.3) is 6.08 Å². The zero-order valence-electron chi connectivity index (χ0n) is 14.0. The fraction of sp³-hybridized carbons (Fsp3) is 0.500. The highest BCUT2D eigenvalue weighted by Crippen LogP contribution is 2.25. The number of ether oxygens (including phenoxy) is 1. The van der Waals surface area contributed by atoms with Crippen molar-refractivity contribution in [3.8, 4) is 0 Å². The summed E-state index contributed by atoms with van der Waals surface area (Å²) in [4.78, 5) is 28.7. The molecule has 0 saturated heterocycles. The van der Waals surface area contributed by atoms with Crippen molar-refractivity contribution < 1.29 is 14.3 Å². The van der Waals surface area contributed by atoms with Gasteiger partial charge in [0.2, 0.25) is 0 Å². The Labute approximate surface area is 132 Å². The molecule has 0 fully saturated rings. The minimum absolute atomic E-state index is 0.0309. The second-order valence-electron chi connectivity index (χ2n) is 6.10. The van der Waals surface area contributed by atoms with Crippen LogP contribution in [0, 0.1) is 11.8 Å². The van der Waals surface area contributed by atoms with Gasteiger partial charge in [0.15, 0.2) is 0 Å². The summed E-state index contributed by atoms with van der Waals surface area (Å²) in [6, 6.07) is 5.45. The van der Waals surface area contributed by atoms with E-state index in [1.54, 1.807) is 38.3 Å². The highest BCUT2D eigenvalue weighted by Gasteiger charge is 2.27. The molecule has 1 heterocycles. The fourth-order valence-electron chi connectivity index (χ4n) is 2.19. The standard InChI is InChI=1S/C18H25NO3/c1-12(2)10-16(14(5)20)17(18(21)22-13(3)4)11-15-8-6-7-9-19-15/h6-9,11-13,16H,10H2,1-5H3/b17-11-/t16-/m0/s1. The van der Waals surface area contributed by atoms with Gasteiger partial charge in [-0.25, -0.2) is 4.79 Å². The first kappa shape index (κ1) is 18.1. The van der Waals surface area contributed by atoms with Crippen LogP contribution in [0.15, 0.2) is 30.0 Å². The molecule has 1 rings (SSSR count). The lowest BCUT2D eigenvalue weighted by Gasteiger charge is -2.20. The molecule has 0 amide bonds. The van der Waals surface area contributed by atoms with Crippen LogP contribution in [-0.4, -0.2) is 22.8 Å². The second-order valence-corrected chi connectivity index (χ2v) is 6.10. The number of carbonyl (C=O) groups is 2. The summed E-state index contributed by atoms with van der Waals surface area (Å²) in [5.74, 6) is -0.640. The van der Waals surface area contributed by atoms with Crippen LogP contribution in [0.3, 0.4) is 0 Å². The Kier molecular flexibility index (Phi) is 6.96. The Balaban J connectivity index is 3.22. The number of Topliss-reactive ketones (excluding diaryl/α,β-unsaturated/α-hetero) is 1. The molecule has 0 saturated carbocycles. The number of carbonyl (C=O) groups excluding carboxylic acids is 2. The van der Waals surface area contributed by atoms with Crippen LogP contribution in [0.5, 0.6) is 0 Å². The molecular formula is C18H25NO3. The highest BCUT2D eigenvalue weighted by atomic mass is 16.5. The van der Waals surface area contributed by atoms with E-state index in [-0.39, 0.29) is 11.9 Å². The Hall–Kier alpha value is -1.97. The van der Waals surface area contributed by atoms with Crippen LogP contribution < -0.4 is 0 Å². The van der Waals surface area contributed by atoms with Crippen LogP contribution in [0.4, 0.5) is 0 Å². The van der Waals surface area contributed by atoms with Crippen molar-refractivity contribution in [1.82, 2.24) is 4.98 Å². The van der Waals surface area contributed by atoms with Gasteiger partial charge in [-0.1, -0.05) is 19.9 Å². The monoisotopic (exact) mass is 303 g/mol. The molecule has 1 aromatic rings. The third kappa shape index (κ3) is 5.80. The molecule has 0 bridgehead atoms. The Bertz CT molecular complexity index is 533. The van der Waals surface area contributed by atoms with Gasteiger partial charge >= 0.3 is 5.97 Å². The smallest absolute Gasteiger partial charge is 0.335 e. The molecule has 0 aliphatic carbocycles. The molecule has 4 nitrogen and oxygen atoms in total. The number of nitrogens with zero attached hydrogens (tertiary/aromatic N) is 1. The Morgan fingerprint density at radius 3 is 2.36 bits per heavy atom. The molecule has 0 N–H and O–H groups in total. The molecule has 1 aromatic heterocycles. The third-order valence-corrected chi connectivity index (χ3v) is 3.14. The molecule has 0 aromatic carbocycles. The number of hydrogen-bond acceptors (Lipinski definition) is 4. The van der Waals surface area contributed by atoms with Crippen LogP contribution >= 0.6 is 0 Å². The van der Waals surface area contributed by atoms with Crippen molar-refractivity contribution in [2.24, 2.45) is 11.8 Å². The zero-order valence-corrected chi connectivity index (χ0v) is 14.0. The van der Waals surface area contributed by atoms with Gasteiger partial charge < -0.3 is 4.74 Å². The molecule has 0 unspecified atom stereocenters. The predicted molar refractivity (Wildman–Crippen MR) is 87.1 cm³/mol. The zero-order chi connectivity index (χ0) is 16.7. The lowest BCUT2D eigenvalue weighted by atomic mass is 9.86. The molecule has 0 spiro atoms. The normalized spacial score (nSPS) is 13.3. The summed E-state index contributed by atoms with van der Waals surface area (Å²) in [5, 5.41) is 0. The van der Waals surface area contributed by atoms with E-state index < -0.39 is 11.9 Å². The SMILES string of the molecule is CC(=O)[C@H](CC(C)C)/C(=C/c1ccccn1)C(=O)OC(C)C. The van der Waals surface area contributed by atoms with Gasteiger partial charge in [-0.2, -0.15) is 0 Å². The first-order chi connectivity index (χ1) is 10.3. The second kappa shape index (κ2) is 8.47. The number of hydrogen-bond donors (Lipinski definition) is 0. The molecule has 22 heavy (non-hydrogen) atoms. The van der Waals surface area contributed by atoms with Gasteiger partial charge in [0, 0.05) is 17.7 Å². The number of esters is 1. The first-order valence-electron chi connectivity index (χ1n) is 7.65. The van der Waals surface area contributed by atoms with Crippen molar-refractivity contribution in [2.45, 2.75) is 47.1 Å².